The number of carboxylic acid groups (broad SMARTS) is 1. The van der Waals surface area contributed by atoms with Gasteiger partial charge in [0.05, 0.1) is 12.1 Å². The maximum atomic E-state index is 10.6. The molecule has 0 unspecified atom stereocenters. The van der Waals surface area contributed by atoms with E-state index in [1.165, 1.54) is 7.11 Å². The highest BCUT2D eigenvalue weighted by molar-refractivity contribution is 6.09. The first-order valence-electron chi connectivity index (χ1n) is 4.53. The summed E-state index contributed by atoms with van der Waals surface area (Å²) in [5.74, 6) is -0.922. The molecular weight excluding hydrogens is 194 g/mol. The van der Waals surface area contributed by atoms with Crippen LogP contribution in [0.2, 0.25) is 0 Å². The highest BCUT2D eigenvalue weighted by Crippen LogP contribution is 2.11. The van der Waals surface area contributed by atoms with Crippen molar-refractivity contribution in [2.75, 3.05) is 7.11 Å². The highest BCUT2D eigenvalue weighted by Gasteiger charge is 2.11. The highest BCUT2D eigenvalue weighted by atomic mass is 16.6. The summed E-state index contributed by atoms with van der Waals surface area (Å²) in [5.41, 5.74) is 2.22. The van der Waals surface area contributed by atoms with E-state index in [4.69, 9.17) is 5.11 Å². The van der Waals surface area contributed by atoms with Crippen molar-refractivity contribution in [3.63, 3.8) is 0 Å². The van der Waals surface area contributed by atoms with Crippen molar-refractivity contribution in [1.29, 1.82) is 0 Å². The summed E-state index contributed by atoms with van der Waals surface area (Å²) in [7, 11) is 1.40. The van der Waals surface area contributed by atoms with Gasteiger partial charge >= 0.3 is 5.97 Å². The zero-order valence-corrected chi connectivity index (χ0v) is 8.73. The molecule has 0 aliphatic rings. The summed E-state index contributed by atoms with van der Waals surface area (Å²) in [5, 5.41) is 12.5. The molecule has 0 saturated heterocycles. The van der Waals surface area contributed by atoms with Gasteiger partial charge in [-0.2, -0.15) is 0 Å². The lowest BCUT2D eigenvalue weighted by molar-refractivity contribution is -0.135. The van der Waals surface area contributed by atoms with Crippen LogP contribution >= 0.6 is 0 Å². The molecule has 0 atom stereocenters. The van der Waals surface area contributed by atoms with Crippen molar-refractivity contribution >= 4 is 11.7 Å². The molecule has 0 heterocycles. The Morgan fingerprint density at radius 2 is 2.13 bits per heavy atom. The fraction of sp³-hybridized carbons (Fsp3) is 0.273. The smallest absolute Gasteiger partial charge is 0.309 e. The number of nitrogens with zero attached hydrogens (tertiary/aromatic N) is 1. The Morgan fingerprint density at radius 3 is 2.67 bits per heavy atom. The van der Waals surface area contributed by atoms with Gasteiger partial charge in [-0.05, 0) is 12.5 Å². The Hall–Kier alpha value is -1.84. The van der Waals surface area contributed by atoms with E-state index in [1.807, 2.05) is 31.2 Å². The third-order valence-corrected chi connectivity index (χ3v) is 1.98. The lowest BCUT2D eigenvalue weighted by atomic mass is 10.0. The molecule has 1 N–H and O–H groups in total. The zero-order valence-electron chi connectivity index (χ0n) is 8.73. The van der Waals surface area contributed by atoms with Gasteiger partial charge in [0.25, 0.3) is 0 Å². The van der Waals surface area contributed by atoms with Crippen LogP contribution in [0.15, 0.2) is 29.4 Å². The Morgan fingerprint density at radius 1 is 1.47 bits per heavy atom. The minimum atomic E-state index is -0.922. The molecule has 0 aliphatic heterocycles. The van der Waals surface area contributed by atoms with Crippen LogP contribution in [-0.2, 0) is 9.63 Å². The van der Waals surface area contributed by atoms with E-state index in [9.17, 15) is 4.79 Å². The van der Waals surface area contributed by atoms with Crippen LogP contribution in [-0.4, -0.2) is 23.9 Å². The number of rotatable bonds is 4. The molecule has 0 bridgehead atoms. The lowest BCUT2D eigenvalue weighted by Crippen LogP contribution is -2.10. The van der Waals surface area contributed by atoms with Crippen LogP contribution < -0.4 is 0 Å². The first-order chi connectivity index (χ1) is 7.15. The number of oxime groups is 1. The maximum absolute atomic E-state index is 10.6. The Kier molecular flexibility index (Phi) is 3.85. The molecule has 0 radical (unpaired) electrons. The van der Waals surface area contributed by atoms with Crippen LogP contribution in [0, 0.1) is 6.92 Å². The monoisotopic (exact) mass is 207 g/mol. The molecule has 0 saturated carbocycles. The summed E-state index contributed by atoms with van der Waals surface area (Å²) in [6, 6.07) is 7.47. The van der Waals surface area contributed by atoms with Gasteiger partial charge in [-0.1, -0.05) is 29.4 Å². The molecule has 1 aromatic carbocycles. The number of carbonyl (C=O) groups is 1. The third-order valence-electron chi connectivity index (χ3n) is 1.98. The molecule has 4 heteroatoms. The average Bonchev–Trinajstić information content (AvgIpc) is 2.17. The van der Waals surface area contributed by atoms with Crippen molar-refractivity contribution in [3.05, 3.63) is 35.4 Å². The predicted molar refractivity (Wildman–Crippen MR) is 57.0 cm³/mol. The van der Waals surface area contributed by atoms with Crippen molar-refractivity contribution in [3.8, 4) is 0 Å². The first-order valence-corrected chi connectivity index (χ1v) is 4.53. The topological polar surface area (TPSA) is 58.9 Å². The van der Waals surface area contributed by atoms with E-state index < -0.39 is 5.97 Å². The molecule has 0 spiro atoms. The van der Waals surface area contributed by atoms with Crippen LogP contribution in [0.25, 0.3) is 0 Å². The van der Waals surface area contributed by atoms with Gasteiger partial charge in [0.15, 0.2) is 0 Å². The van der Waals surface area contributed by atoms with Crippen LogP contribution in [0.5, 0.6) is 0 Å². The van der Waals surface area contributed by atoms with Gasteiger partial charge in [0, 0.05) is 5.56 Å². The van der Waals surface area contributed by atoms with Gasteiger partial charge in [0.2, 0.25) is 0 Å². The number of carboxylic acids is 1. The average molecular weight is 207 g/mol. The van der Waals surface area contributed by atoms with Crippen LogP contribution in [0.1, 0.15) is 17.5 Å². The fourth-order valence-electron chi connectivity index (χ4n) is 1.33. The molecule has 0 amide bonds. The number of aliphatic carboxylic acids is 1. The van der Waals surface area contributed by atoms with E-state index in [-0.39, 0.29) is 6.42 Å². The summed E-state index contributed by atoms with van der Waals surface area (Å²) >= 11 is 0. The lowest BCUT2D eigenvalue weighted by Gasteiger charge is -2.06. The largest absolute Gasteiger partial charge is 0.481 e. The second-order valence-electron chi connectivity index (χ2n) is 3.11. The van der Waals surface area contributed by atoms with Gasteiger partial charge in [-0.25, -0.2) is 0 Å². The Balaban J connectivity index is 3.05. The van der Waals surface area contributed by atoms with Crippen LogP contribution in [0.3, 0.4) is 0 Å². The molecular formula is C11H13NO3. The normalized spacial score (nSPS) is 11.2. The van der Waals surface area contributed by atoms with E-state index >= 15 is 0 Å². The molecule has 4 nitrogen and oxygen atoms in total. The van der Waals surface area contributed by atoms with E-state index in [0.29, 0.717) is 5.71 Å². The SMILES string of the molecule is CO/N=C(\CC(=O)O)c1ccccc1C. The van der Waals surface area contributed by atoms with Gasteiger partial charge in [0.1, 0.15) is 7.11 Å². The Labute approximate surface area is 88.2 Å². The number of hydrogen-bond donors (Lipinski definition) is 1. The minimum absolute atomic E-state index is 0.140. The van der Waals surface area contributed by atoms with Gasteiger partial charge in [-0.15, -0.1) is 0 Å². The quantitative estimate of drug-likeness (QED) is 0.605. The molecule has 15 heavy (non-hydrogen) atoms. The first kappa shape index (κ1) is 11.2. The van der Waals surface area contributed by atoms with Gasteiger partial charge in [-0.3, -0.25) is 4.79 Å². The van der Waals surface area contributed by atoms with Crippen LogP contribution in [0.4, 0.5) is 0 Å². The number of hydrogen-bond acceptors (Lipinski definition) is 3. The molecule has 1 rings (SSSR count). The molecule has 80 valence electrons. The molecule has 0 fully saturated rings. The van der Waals surface area contributed by atoms with E-state index in [2.05, 4.69) is 9.99 Å². The second-order valence-corrected chi connectivity index (χ2v) is 3.11. The predicted octanol–water partition coefficient (Wildman–Crippen LogP) is 1.82. The summed E-state index contributed by atoms with van der Waals surface area (Å²) in [6.45, 7) is 1.91. The number of benzene rings is 1. The maximum Gasteiger partial charge on any atom is 0.309 e. The fourth-order valence-corrected chi connectivity index (χ4v) is 1.33. The van der Waals surface area contributed by atoms with Crippen molar-refractivity contribution in [2.45, 2.75) is 13.3 Å². The minimum Gasteiger partial charge on any atom is -0.481 e. The van der Waals surface area contributed by atoms with Gasteiger partial charge < -0.3 is 9.94 Å². The van der Waals surface area contributed by atoms with E-state index in [0.717, 1.165) is 11.1 Å². The molecule has 0 aliphatic carbocycles. The zero-order chi connectivity index (χ0) is 11.3. The Bertz CT molecular complexity index is 385. The number of aryl methyl sites for hydroxylation is 1. The van der Waals surface area contributed by atoms with Crippen molar-refractivity contribution < 1.29 is 14.7 Å². The molecule has 0 aromatic heterocycles. The summed E-state index contributed by atoms with van der Waals surface area (Å²) in [6.07, 6.45) is -0.140. The second kappa shape index (κ2) is 5.14. The third kappa shape index (κ3) is 3.09. The summed E-state index contributed by atoms with van der Waals surface area (Å²) < 4.78 is 0. The van der Waals surface area contributed by atoms with Crippen molar-refractivity contribution in [2.24, 2.45) is 5.16 Å². The summed E-state index contributed by atoms with van der Waals surface area (Å²) in [4.78, 5) is 15.3. The standard InChI is InChI=1S/C11H13NO3/c1-8-5-3-4-6-9(8)10(12-15-2)7-11(13)14/h3-6H,7H2,1-2H3,(H,13,14)/b12-10+. The molecule has 1 aromatic rings. The van der Waals surface area contributed by atoms with E-state index in [1.54, 1.807) is 0 Å². The van der Waals surface area contributed by atoms with Crippen molar-refractivity contribution in [1.82, 2.24) is 0 Å².